The molecule has 15 heteroatoms. The van der Waals surface area contributed by atoms with Gasteiger partial charge in [0, 0.05) is 0 Å². The minimum absolute atomic E-state index is 0.113. The maximum absolute atomic E-state index is 14.8. The fourth-order valence-corrected chi connectivity index (χ4v) is 4.72. The van der Waals surface area contributed by atoms with E-state index < -0.39 is 74.1 Å². The number of rotatable bonds is 10. The Bertz CT molecular complexity index is 1220. The molecule has 2 heterocycles. The number of halogens is 2. The predicted molar refractivity (Wildman–Crippen MR) is 121 cm³/mol. The molecule has 0 aliphatic carbocycles. The monoisotopic (exact) mass is 533 g/mol. The fourth-order valence-electron chi connectivity index (χ4n) is 3.22. The average Bonchev–Trinajstić information content (AvgIpc) is 3.08. The Morgan fingerprint density at radius 2 is 1.94 bits per heavy atom. The van der Waals surface area contributed by atoms with Gasteiger partial charge in [0.05, 0.1) is 18.9 Å². The number of hydrogen-bond acceptors (Lipinski definition) is 9. The first-order chi connectivity index (χ1) is 16.9. The van der Waals surface area contributed by atoms with Crippen molar-refractivity contribution in [2.75, 3.05) is 6.61 Å². The summed E-state index contributed by atoms with van der Waals surface area (Å²) in [4.78, 5) is 37.1. The molecule has 6 atom stereocenters. The van der Waals surface area contributed by atoms with E-state index in [-0.39, 0.29) is 5.75 Å². The highest BCUT2D eigenvalue weighted by Gasteiger charge is 2.47. The van der Waals surface area contributed by atoms with Crippen molar-refractivity contribution in [2.24, 2.45) is 0 Å². The lowest BCUT2D eigenvalue weighted by Crippen LogP contribution is -2.38. The number of aliphatic hydroxyl groups is 1. The predicted octanol–water partition coefficient (Wildman–Crippen LogP) is 1.41. The number of nitrogens with zero attached hydrogens (tertiary/aromatic N) is 1. The minimum Gasteiger partial charge on any atom is -0.462 e. The van der Waals surface area contributed by atoms with Crippen molar-refractivity contribution in [1.82, 2.24) is 14.6 Å². The number of nitrogens with one attached hydrogen (secondary N) is 2. The fraction of sp³-hybridized carbons (Fsp3) is 0.476. The summed E-state index contributed by atoms with van der Waals surface area (Å²) in [5, 5.41) is 12.7. The summed E-state index contributed by atoms with van der Waals surface area (Å²) in [6.45, 7) is 3.90. The SMILES string of the molecule is CC(C)OC(=O)C(C)NP(=O)(OC[C@H]1O[C@@H](n2cc(F)c(=O)[nH]c2=O)[C@@H](F)[C@@H]1O)Oc1ccccc1. The van der Waals surface area contributed by atoms with Crippen LogP contribution in [0.25, 0.3) is 0 Å². The molecule has 1 aliphatic rings. The number of carbonyl (C=O) groups excluding carboxylic acids is 1. The topological polar surface area (TPSA) is 158 Å². The molecule has 0 amide bonds. The van der Waals surface area contributed by atoms with Crippen molar-refractivity contribution in [3.05, 3.63) is 63.2 Å². The average molecular weight is 533 g/mol. The number of benzene rings is 1. The van der Waals surface area contributed by atoms with Crippen molar-refractivity contribution in [3.8, 4) is 5.75 Å². The van der Waals surface area contributed by atoms with Crippen LogP contribution < -0.4 is 20.9 Å². The van der Waals surface area contributed by atoms with Gasteiger partial charge >= 0.3 is 19.4 Å². The molecule has 0 radical (unpaired) electrons. The second-order valence-electron chi connectivity index (χ2n) is 8.18. The van der Waals surface area contributed by atoms with Crippen LogP contribution in [0.2, 0.25) is 0 Å². The van der Waals surface area contributed by atoms with Crippen molar-refractivity contribution >= 4 is 13.7 Å². The normalized spacial score (nSPS) is 24.3. The van der Waals surface area contributed by atoms with E-state index in [4.69, 9.17) is 18.5 Å². The molecule has 1 aromatic heterocycles. The molecule has 0 saturated carbocycles. The lowest BCUT2D eigenvalue weighted by molar-refractivity contribution is -0.149. The highest BCUT2D eigenvalue weighted by Crippen LogP contribution is 2.46. The Hall–Kier alpha value is -2.90. The first-order valence-electron chi connectivity index (χ1n) is 10.9. The highest BCUT2D eigenvalue weighted by molar-refractivity contribution is 7.52. The molecule has 3 rings (SSSR count). The van der Waals surface area contributed by atoms with E-state index in [9.17, 15) is 32.8 Å². The van der Waals surface area contributed by atoms with E-state index in [2.05, 4.69) is 5.09 Å². The van der Waals surface area contributed by atoms with Gasteiger partial charge in [-0.05, 0) is 32.9 Å². The Kier molecular flexibility index (Phi) is 8.80. The van der Waals surface area contributed by atoms with Crippen molar-refractivity contribution in [3.63, 3.8) is 0 Å². The van der Waals surface area contributed by atoms with Gasteiger partial charge in [-0.25, -0.2) is 13.8 Å². The zero-order valence-corrected chi connectivity index (χ0v) is 20.4. The molecule has 0 bridgehead atoms. The smallest absolute Gasteiger partial charge is 0.459 e. The molecule has 36 heavy (non-hydrogen) atoms. The van der Waals surface area contributed by atoms with E-state index in [1.165, 1.54) is 19.1 Å². The third kappa shape index (κ3) is 6.65. The maximum atomic E-state index is 14.8. The van der Waals surface area contributed by atoms with Gasteiger partial charge in [0.25, 0.3) is 5.56 Å². The van der Waals surface area contributed by atoms with Gasteiger partial charge in [0.1, 0.15) is 24.0 Å². The summed E-state index contributed by atoms with van der Waals surface area (Å²) >= 11 is 0. The van der Waals surface area contributed by atoms with Gasteiger partial charge < -0.3 is 19.1 Å². The summed E-state index contributed by atoms with van der Waals surface area (Å²) in [5.74, 6) is -2.00. The second kappa shape index (κ2) is 11.4. The van der Waals surface area contributed by atoms with Crippen LogP contribution in [0.5, 0.6) is 5.75 Å². The van der Waals surface area contributed by atoms with Gasteiger partial charge in [-0.2, -0.15) is 9.48 Å². The molecular weight excluding hydrogens is 507 g/mol. The van der Waals surface area contributed by atoms with Crippen LogP contribution in [-0.4, -0.2) is 57.8 Å². The van der Waals surface area contributed by atoms with Gasteiger partial charge in [-0.15, -0.1) is 0 Å². The Labute approximate surface area is 203 Å². The van der Waals surface area contributed by atoms with Crippen molar-refractivity contribution in [2.45, 2.75) is 57.5 Å². The molecule has 0 spiro atoms. The molecule has 1 fully saturated rings. The third-order valence-electron chi connectivity index (χ3n) is 4.93. The van der Waals surface area contributed by atoms with Gasteiger partial charge in [0.2, 0.25) is 5.82 Å². The van der Waals surface area contributed by atoms with Gasteiger partial charge in [0.15, 0.2) is 12.4 Å². The molecule has 2 unspecified atom stereocenters. The number of aliphatic hydroxyl groups excluding tert-OH is 1. The van der Waals surface area contributed by atoms with Crippen LogP contribution in [0.4, 0.5) is 8.78 Å². The zero-order chi connectivity index (χ0) is 26.6. The van der Waals surface area contributed by atoms with Crippen LogP contribution in [0.3, 0.4) is 0 Å². The third-order valence-corrected chi connectivity index (χ3v) is 6.57. The summed E-state index contributed by atoms with van der Waals surface area (Å²) < 4.78 is 63.5. The first-order valence-corrected chi connectivity index (χ1v) is 12.4. The van der Waals surface area contributed by atoms with Crippen LogP contribution in [0.1, 0.15) is 27.0 Å². The molecule has 1 saturated heterocycles. The van der Waals surface area contributed by atoms with Gasteiger partial charge in [-0.1, -0.05) is 18.2 Å². The first kappa shape index (κ1) is 27.7. The number of aromatic nitrogens is 2. The van der Waals surface area contributed by atoms with Crippen LogP contribution in [0, 0.1) is 5.82 Å². The van der Waals surface area contributed by atoms with Crippen molar-refractivity contribution < 1.29 is 41.8 Å². The van der Waals surface area contributed by atoms with Crippen LogP contribution in [-0.2, 0) is 23.4 Å². The highest BCUT2D eigenvalue weighted by atomic mass is 31.2. The molecule has 1 aliphatic heterocycles. The van der Waals surface area contributed by atoms with E-state index in [0.717, 1.165) is 0 Å². The Morgan fingerprint density at radius 1 is 1.28 bits per heavy atom. The number of carbonyl (C=O) groups is 1. The number of hydrogen-bond donors (Lipinski definition) is 3. The molecule has 198 valence electrons. The lowest BCUT2D eigenvalue weighted by Gasteiger charge is -2.25. The summed E-state index contributed by atoms with van der Waals surface area (Å²) in [7, 11) is -4.35. The number of esters is 1. The number of aromatic amines is 1. The summed E-state index contributed by atoms with van der Waals surface area (Å²) in [6, 6.07) is 6.67. The second-order valence-corrected chi connectivity index (χ2v) is 9.87. The van der Waals surface area contributed by atoms with Gasteiger partial charge in [-0.3, -0.25) is 23.7 Å². The standard InChI is InChI=1S/C21H26F2N3O9P/c1-11(2)33-20(29)12(3)25-36(31,35-13-7-5-4-6-8-13)32-10-15-17(27)16(23)19(34-15)26-9-14(22)18(28)24-21(26)30/h4-9,11-12,15-17,19,27H,10H2,1-3H3,(H,25,31)(H,24,28,30)/t12?,15-,16+,17-,19-,36?/m1/s1. The largest absolute Gasteiger partial charge is 0.462 e. The molecule has 3 N–H and O–H groups in total. The number of alkyl halides is 1. The summed E-state index contributed by atoms with van der Waals surface area (Å²) in [6.07, 6.45) is -7.41. The lowest BCUT2D eigenvalue weighted by atomic mass is 10.1. The van der Waals surface area contributed by atoms with E-state index in [0.29, 0.717) is 10.8 Å². The van der Waals surface area contributed by atoms with Crippen LogP contribution >= 0.6 is 7.75 Å². The van der Waals surface area contributed by atoms with E-state index in [1.807, 2.05) is 0 Å². The van der Waals surface area contributed by atoms with Crippen molar-refractivity contribution in [1.29, 1.82) is 0 Å². The minimum atomic E-state index is -4.35. The van der Waals surface area contributed by atoms with Crippen LogP contribution in [0.15, 0.2) is 46.1 Å². The van der Waals surface area contributed by atoms with E-state index in [1.54, 1.807) is 37.0 Å². The molecule has 12 nitrogen and oxygen atoms in total. The molecule has 1 aromatic carbocycles. The Balaban J connectivity index is 1.77. The van der Waals surface area contributed by atoms with E-state index >= 15 is 0 Å². The number of H-pyrrole nitrogens is 1. The number of ether oxygens (including phenoxy) is 2. The Morgan fingerprint density at radius 3 is 2.58 bits per heavy atom. The molecule has 2 aromatic rings. The summed E-state index contributed by atoms with van der Waals surface area (Å²) in [5.41, 5.74) is -2.47. The number of para-hydroxylation sites is 1. The quantitative estimate of drug-likeness (QED) is 0.301. The zero-order valence-electron chi connectivity index (χ0n) is 19.5. The maximum Gasteiger partial charge on any atom is 0.459 e. The molecular formula is C21H26F2N3O9P.